The molecule has 1 rings (SSSR count). The van der Waals surface area contributed by atoms with E-state index in [2.05, 4.69) is 22.7 Å². The van der Waals surface area contributed by atoms with Gasteiger partial charge in [-0.05, 0) is 24.4 Å². The first-order chi connectivity index (χ1) is 8.04. The van der Waals surface area contributed by atoms with Gasteiger partial charge in [0.25, 0.3) is 0 Å². The summed E-state index contributed by atoms with van der Waals surface area (Å²) in [5, 5.41) is 4.57. The highest BCUT2D eigenvalue weighted by molar-refractivity contribution is 7.80. The van der Waals surface area contributed by atoms with Crippen LogP contribution < -0.4 is 16.2 Å². The second kappa shape index (κ2) is 6.91. The lowest BCUT2D eigenvalue weighted by atomic mass is 10.3. The lowest BCUT2D eigenvalue weighted by Gasteiger charge is -2.14. The number of thiocarbonyl (C=S) groups is 1. The van der Waals surface area contributed by atoms with Crippen LogP contribution in [-0.2, 0) is 0 Å². The van der Waals surface area contributed by atoms with Gasteiger partial charge < -0.3 is 5.32 Å². The van der Waals surface area contributed by atoms with Crippen LogP contribution >= 0.6 is 47.0 Å². The van der Waals surface area contributed by atoms with Crippen LogP contribution in [0.1, 0.15) is 0 Å². The molecule has 3 N–H and O–H groups in total. The number of hydrogen-bond donors (Lipinski definition) is 3. The first-order valence-corrected chi connectivity index (χ1v) is 6.14. The van der Waals surface area contributed by atoms with E-state index in [4.69, 9.17) is 47.0 Å². The van der Waals surface area contributed by atoms with E-state index in [1.165, 1.54) is 0 Å². The van der Waals surface area contributed by atoms with Crippen molar-refractivity contribution in [1.82, 2.24) is 10.7 Å². The predicted molar refractivity (Wildman–Crippen MR) is 79.0 cm³/mol. The highest BCUT2D eigenvalue weighted by Crippen LogP contribution is 2.32. The summed E-state index contributed by atoms with van der Waals surface area (Å²) in [6, 6.07) is 3.17. The number of benzene rings is 1. The van der Waals surface area contributed by atoms with Gasteiger partial charge in [-0.25, -0.2) is 0 Å². The second-order valence-corrected chi connectivity index (χ2v) is 4.65. The third kappa shape index (κ3) is 4.60. The molecule has 0 aliphatic carbocycles. The van der Waals surface area contributed by atoms with Crippen LogP contribution in [0.3, 0.4) is 0 Å². The molecule has 0 spiro atoms. The maximum absolute atomic E-state index is 5.97. The number of hydrazine groups is 1. The van der Waals surface area contributed by atoms with Crippen LogP contribution in [0.4, 0.5) is 5.69 Å². The average Bonchev–Trinajstić information content (AvgIpc) is 2.24. The van der Waals surface area contributed by atoms with Crippen molar-refractivity contribution in [2.24, 2.45) is 0 Å². The first kappa shape index (κ1) is 14.4. The molecular weight excluding hydrogens is 301 g/mol. The molecule has 0 saturated carbocycles. The zero-order valence-electron chi connectivity index (χ0n) is 8.69. The lowest BCUT2D eigenvalue weighted by molar-refractivity contribution is 0.979. The molecule has 0 bridgehead atoms. The Labute approximate surface area is 120 Å². The molecule has 0 amide bonds. The lowest BCUT2D eigenvalue weighted by Crippen LogP contribution is -2.38. The Bertz CT molecular complexity index is 414. The first-order valence-electron chi connectivity index (χ1n) is 4.60. The fraction of sp³-hybridized carbons (Fsp3) is 0.100. The monoisotopic (exact) mass is 309 g/mol. The van der Waals surface area contributed by atoms with Gasteiger partial charge in [0.1, 0.15) is 0 Å². The standard InChI is InChI=1S/C10H10Cl3N3S/c1-2-3-14-10(17)16-15-9-7(12)4-6(11)5-8(9)13/h2,4-5,15H,1,3H2,(H2,14,16,17). The molecular formula is C10H10Cl3N3S. The summed E-state index contributed by atoms with van der Waals surface area (Å²) in [5.41, 5.74) is 6.07. The number of halogens is 3. The second-order valence-electron chi connectivity index (χ2n) is 2.99. The summed E-state index contributed by atoms with van der Waals surface area (Å²) in [6.07, 6.45) is 1.69. The Morgan fingerprint density at radius 1 is 1.29 bits per heavy atom. The van der Waals surface area contributed by atoms with Gasteiger partial charge in [-0.15, -0.1) is 6.58 Å². The smallest absolute Gasteiger partial charge is 0.185 e. The Morgan fingerprint density at radius 3 is 2.41 bits per heavy atom. The highest BCUT2D eigenvalue weighted by Gasteiger charge is 2.07. The van der Waals surface area contributed by atoms with Crippen molar-refractivity contribution in [1.29, 1.82) is 0 Å². The average molecular weight is 311 g/mol. The molecule has 0 unspecified atom stereocenters. The fourth-order valence-electron chi connectivity index (χ4n) is 0.990. The van der Waals surface area contributed by atoms with E-state index in [-0.39, 0.29) is 0 Å². The molecule has 0 heterocycles. The number of rotatable bonds is 4. The third-order valence-electron chi connectivity index (χ3n) is 1.71. The SMILES string of the molecule is C=CCNC(=S)NNc1c(Cl)cc(Cl)cc1Cl. The molecule has 0 atom stereocenters. The number of anilines is 1. The molecule has 17 heavy (non-hydrogen) atoms. The zero-order valence-corrected chi connectivity index (χ0v) is 11.8. The molecule has 0 aliphatic heterocycles. The molecule has 0 aromatic heterocycles. The molecule has 3 nitrogen and oxygen atoms in total. The van der Waals surface area contributed by atoms with E-state index in [1.807, 2.05) is 0 Å². The Hall–Kier alpha value is -0.680. The maximum atomic E-state index is 5.97. The topological polar surface area (TPSA) is 36.1 Å². The van der Waals surface area contributed by atoms with Gasteiger partial charge in [0.05, 0.1) is 15.7 Å². The minimum atomic E-state index is 0.404. The molecule has 92 valence electrons. The molecule has 0 saturated heterocycles. The Kier molecular flexibility index (Phi) is 5.85. The van der Waals surface area contributed by atoms with Crippen LogP contribution in [0.5, 0.6) is 0 Å². The van der Waals surface area contributed by atoms with Gasteiger partial charge in [0.15, 0.2) is 5.11 Å². The summed E-state index contributed by atoms with van der Waals surface area (Å²) in [6.45, 7) is 4.13. The maximum Gasteiger partial charge on any atom is 0.185 e. The van der Waals surface area contributed by atoms with Gasteiger partial charge in [-0.1, -0.05) is 40.9 Å². The Morgan fingerprint density at radius 2 is 1.88 bits per heavy atom. The molecule has 0 radical (unpaired) electrons. The van der Waals surface area contributed by atoms with Crippen molar-refractivity contribution in [3.8, 4) is 0 Å². The van der Waals surface area contributed by atoms with Gasteiger partial charge in [-0.3, -0.25) is 10.9 Å². The van der Waals surface area contributed by atoms with Crippen LogP contribution in [-0.4, -0.2) is 11.7 Å². The van der Waals surface area contributed by atoms with Crippen molar-refractivity contribution < 1.29 is 0 Å². The summed E-state index contributed by atoms with van der Waals surface area (Å²) in [5.74, 6) is 0. The predicted octanol–water partition coefficient (Wildman–Crippen LogP) is 3.62. The van der Waals surface area contributed by atoms with Crippen LogP contribution in [0.2, 0.25) is 15.1 Å². The van der Waals surface area contributed by atoms with Crippen molar-refractivity contribution in [3.63, 3.8) is 0 Å². The van der Waals surface area contributed by atoms with Gasteiger partial charge in [-0.2, -0.15) is 0 Å². The van der Waals surface area contributed by atoms with E-state index < -0.39 is 0 Å². The van der Waals surface area contributed by atoms with Gasteiger partial charge in [0.2, 0.25) is 0 Å². The fourth-order valence-corrected chi connectivity index (χ4v) is 2.04. The molecule has 7 heteroatoms. The summed E-state index contributed by atoms with van der Waals surface area (Å²) >= 11 is 22.7. The van der Waals surface area contributed by atoms with E-state index in [1.54, 1.807) is 18.2 Å². The minimum absolute atomic E-state index is 0.404. The van der Waals surface area contributed by atoms with Crippen LogP contribution in [0.25, 0.3) is 0 Å². The summed E-state index contributed by atoms with van der Waals surface area (Å²) in [4.78, 5) is 0. The van der Waals surface area contributed by atoms with E-state index in [0.29, 0.717) is 32.4 Å². The normalized spacial score (nSPS) is 9.59. The summed E-state index contributed by atoms with van der Waals surface area (Å²) in [7, 11) is 0. The molecule has 1 aromatic rings. The van der Waals surface area contributed by atoms with Gasteiger partial charge >= 0.3 is 0 Å². The number of hydrogen-bond acceptors (Lipinski definition) is 2. The summed E-state index contributed by atoms with van der Waals surface area (Å²) < 4.78 is 0. The highest BCUT2D eigenvalue weighted by atomic mass is 35.5. The third-order valence-corrected chi connectivity index (χ3v) is 2.78. The molecule has 0 aliphatic rings. The molecule has 0 fully saturated rings. The van der Waals surface area contributed by atoms with E-state index in [9.17, 15) is 0 Å². The number of nitrogens with one attached hydrogen (secondary N) is 3. The van der Waals surface area contributed by atoms with Gasteiger partial charge in [0, 0.05) is 11.6 Å². The van der Waals surface area contributed by atoms with Crippen molar-refractivity contribution in [3.05, 3.63) is 39.9 Å². The minimum Gasteiger partial charge on any atom is -0.358 e. The largest absolute Gasteiger partial charge is 0.358 e. The van der Waals surface area contributed by atoms with E-state index in [0.717, 1.165) is 0 Å². The van der Waals surface area contributed by atoms with Crippen molar-refractivity contribution in [2.45, 2.75) is 0 Å². The van der Waals surface area contributed by atoms with Crippen molar-refractivity contribution >= 4 is 57.8 Å². The van der Waals surface area contributed by atoms with Crippen molar-refractivity contribution in [2.75, 3.05) is 12.0 Å². The quantitative estimate of drug-likeness (QED) is 0.451. The zero-order chi connectivity index (χ0) is 12.8. The Balaban J connectivity index is 2.63. The molecule has 1 aromatic carbocycles. The van der Waals surface area contributed by atoms with E-state index >= 15 is 0 Å². The van der Waals surface area contributed by atoms with Crippen LogP contribution in [0.15, 0.2) is 24.8 Å². The van der Waals surface area contributed by atoms with Crippen LogP contribution in [0, 0.1) is 0 Å².